The Hall–Kier alpha value is -1.77. The van der Waals surface area contributed by atoms with Crippen molar-refractivity contribution >= 4 is 34.5 Å². The first-order chi connectivity index (χ1) is 13.1. The van der Waals surface area contributed by atoms with Gasteiger partial charge in [0.25, 0.3) is 5.91 Å². The normalized spacial score (nSPS) is 18.3. The largest absolute Gasteiger partial charge is 0.342 e. The van der Waals surface area contributed by atoms with E-state index in [1.54, 1.807) is 11.3 Å². The minimum Gasteiger partial charge on any atom is -0.342 e. The Morgan fingerprint density at radius 2 is 1.81 bits per heavy atom. The van der Waals surface area contributed by atoms with Crippen molar-refractivity contribution in [2.24, 2.45) is 0 Å². The summed E-state index contributed by atoms with van der Waals surface area (Å²) < 4.78 is 0. The van der Waals surface area contributed by atoms with Crippen molar-refractivity contribution in [3.63, 3.8) is 0 Å². The number of aromatic nitrogens is 1. The lowest BCUT2D eigenvalue weighted by Gasteiger charge is -2.34. The van der Waals surface area contributed by atoms with Gasteiger partial charge >= 0.3 is 0 Å². The number of aryl methyl sites for hydroxylation is 1. The average Bonchev–Trinajstić information content (AvgIpc) is 3.43. The first-order valence-corrected chi connectivity index (χ1v) is 11.1. The maximum absolute atomic E-state index is 12.9. The van der Waals surface area contributed by atoms with E-state index in [1.165, 1.54) is 11.3 Å². The highest BCUT2D eigenvalue weighted by molar-refractivity contribution is 7.22. The molecular weight excluding hydrogens is 380 g/mol. The number of amides is 2. The van der Waals surface area contributed by atoms with E-state index in [-0.39, 0.29) is 11.8 Å². The predicted octanol–water partition coefficient (Wildman–Crippen LogP) is 2.56. The molecule has 8 heteroatoms. The van der Waals surface area contributed by atoms with Crippen LogP contribution in [0.3, 0.4) is 0 Å². The third kappa shape index (κ3) is 4.07. The van der Waals surface area contributed by atoms with Gasteiger partial charge in [-0.15, -0.1) is 22.7 Å². The molecule has 0 unspecified atom stereocenters. The Labute approximate surface area is 167 Å². The molecule has 6 nitrogen and oxygen atoms in total. The standard InChI is InChI=1S/C19H24N4O2S2/c1-14-17(27-18(20-14)15-5-4-12-26-15)19(25)23-10-8-21(9-11-23)13-16(24)22-6-2-3-7-22/h4-5,12H,2-3,6-11,13H2,1H3. The highest BCUT2D eigenvalue weighted by atomic mass is 32.1. The molecule has 2 aromatic rings. The molecule has 2 saturated heterocycles. The van der Waals surface area contributed by atoms with E-state index in [9.17, 15) is 9.59 Å². The van der Waals surface area contributed by atoms with Crippen molar-refractivity contribution in [2.45, 2.75) is 19.8 Å². The maximum Gasteiger partial charge on any atom is 0.265 e. The van der Waals surface area contributed by atoms with Gasteiger partial charge in [-0.2, -0.15) is 0 Å². The van der Waals surface area contributed by atoms with Gasteiger partial charge in [0.1, 0.15) is 9.88 Å². The fourth-order valence-electron chi connectivity index (χ4n) is 3.61. The van der Waals surface area contributed by atoms with E-state index in [4.69, 9.17) is 0 Å². The van der Waals surface area contributed by atoms with Crippen LogP contribution in [0, 0.1) is 6.92 Å². The molecule has 144 valence electrons. The summed E-state index contributed by atoms with van der Waals surface area (Å²) in [5, 5.41) is 2.94. The molecule has 2 aliphatic rings. The second kappa shape index (κ2) is 8.08. The molecule has 0 aromatic carbocycles. The molecule has 0 atom stereocenters. The van der Waals surface area contributed by atoms with Gasteiger partial charge in [-0.05, 0) is 31.2 Å². The lowest BCUT2D eigenvalue weighted by atomic mass is 10.2. The number of carbonyl (C=O) groups is 2. The SMILES string of the molecule is Cc1nc(-c2cccs2)sc1C(=O)N1CCN(CC(=O)N2CCCC2)CC1. The van der Waals surface area contributed by atoms with Crippen molar-refractivity contribution < 1.29 is 9.59 Å². The third-order valence-corrected chi connectivity index (χ3v) is 7.38. The van der Waals surface area contributed by atoms with E-state index in [0.29, 0.717) is 19.6 Å². The molecule has 0 bridgehead atoms. The van der Waals surface area contributed by atoms with Crippen molar-refractivity contribution in [2.75, 3.05) is 45.8 Å². The Bertz CT molecular complexity index is 804. The number of nitrogens with zero attached hydrogens (tertiary/aromatic N) is 4. The van der Waals surface area contributed by atoms with Gasteiger partial charge in [0.2, 0.25) is 5.91 Å². The summed E-state index contributed by atoms with van der Waals surface area (Å²) in [6.45, 7) is 7.01. The van der Waals surface area contributed by atoms with Gasteiger partial charge in [-0.1, -0.05) is 6.07 Å². The first-order valence-electron chi connectivity index (χ1n) is 9.42. The highest BCUT2D eigenvalue weighted by Gasteiger charge is 2.27. The van der Waals surface area contributed by atoms with Crippen molar-refractivity contribution in [1.82, 2.24) is 19.7 Å². The van der Waals surface area contributed by atoms with Gasteiger partial charge in [0, 0.05) is 39.3 Å². The van der Waals surface area contributed by atoms with Gasteiger partial charge in [-0.25, -0.2) is 4.98 Å². The fourth-order valence-corrected chi connectivity index (χ4v) is 5.44. The second-order valence-corrected chi connectivity index (χ2v) is 9.01. The molecule has 2 aromatic heterocycles. The molecule has 2 fully saturated rings. The van der Waals surface area contributed by atoms with Crippen LogP contribution in [-0.2, 0) is 4.79 Å². The van der Waals surface area contributed by atoms with Crippen LogP contribution < -0.4 is 0 Å². The summed E-state index contributed by atoms with van der Waals surface area (Å²) in [4.78, 5) is 37.7. The van der Waals surface area contributed by atoms with E-state index in [2.05, 4.69) is 9.88 Å². The van der Waals surface area contributed by atoms with Crippen LogP contribution in [0.15, 0.2) is 17.5 Å². The van der Waals surface area contributed by atoms with Crippen LogP contribution >= 0.6 is 22.7 Å². The highest BCUT2D eigenvalue weighted by Crippen LogP contribution is 2.31. The number of thiazole rings is 1. The van der Waals surface area contributed by atoms with E-state index in [0.717, 1.165) is 59.5 Å². The fraction of sp³-hybridized carbons (Fsp3) is 0.526. The molecule has 0 saturated carbocycles. The first kappa shape index (κ1) is 18.6. The van der Waals surface area contributed by atoms with Gasteiger partial charge < -0.3 is 9.80 Å². The molecule has 0 radical (unpaired) electrons. The second-order valence-electron chi connectivity index (χ2n) is 7.07. The average molecular weight is 405 g/mol. The predicted molar refractivity (Wildman–Crippen MR) is 108 cm³/mol. The van der Waals surface area contributed by atoms with E-state index >= 15 is 0 Å². The smallest absolute Gasteiger partial charge is 0.265 e. The van der Waals surface area contributed by atoms with Crippen molar-refractivity contribution in [1.29, 1.82) is 0 Å². The number of hydrogen-bond donors (Lipinski definition) is 0. The number of thiophene rings is 1. The topological polar surface area (TPSA) is 56.8 Å². The number of piperazine rings is 1. The Morgan fingerprint density at radius 3 is 2.48 bits per heavy atom. The molecule has 0 aliphatic carbocycles. The summed E-state index contributed by atoms with van der Waals surface area (Å²) in [6.07, 6.45) is 2.24. The van der Waals surface area contributed by atoms with Crippen molar-refractivity contribution in [3.05, 3.63) is 28.1 Å². The number of likely N-dealkylation sites (tertiary alicyclic amines) is 1. The molecule has 4 rings (SSSR count). The number of hydrogen-bond acceptors (Lipinski definition) is 6. The zero-order chi connectivity index (χ0) is 18.8. The van der Waals surface area contributed by atoms with Crippen LogP contribution in [0.4, 0.5) is 0 Å². The summed E-state index contributed by atoms with van der Waals surface area (Å²) in [6, 6.07) is 4.04. The van der Waals surface area contributed by atoms with Crippen LogP contribution in [0.2, 0.25) is 0 Å². The van der Waals surface area contributed by atoms with Gasteiger partial charge in [-0.3, -0.25) is 14.5 Å². The van der Waals surface area contributed by atoms with E-state index < -0.39 is 0 Å². The minimum absolute atomic E-state index is 0.0679. The molecule has 2 amide bonds. The molecule has 27 heavy (non-hydrogen) atoms. The van der Waals surface area contributed by atoms with E-state index in [1.807, 2.05) is 34.2 Å². The monoisotopic (exact) mass is 404 g/mol. The maximum atomic E-state index is 12.9. The minimum atomic E-state index is 0.0679. The lowest BCUT2D eigenvalue weighted by molar-refractivity contribution is -0.131. The summed E-state index contributed by atoms with van der Waals surface area (Å²) in [7, 11) is 0. The molecule has 2 aliphatic heterocycles. The van der Waals surface area contributed by atoms with Crippen molar-refractivity contribution in [3.8, 4) is 9.88 Å². The quantitative estimate of drug-likeness (QED) is 0.786. The Balaban J connectivity index is 1.34. The summed E-state index contributed by atoms with van der Waals surface area (Å²) >= 11 is 3.12. The summed E-state index contributed by atoms with van der Waals surface area (Å²) in [5.41, 5.74) is 0.806. The number of rotatable bonds is 4. The third-order valence-electron chi connectivity index (χ3n) is 5.20. The zero-order valence-corrected chi connectivity index (χ0v) is 17.2. The lowest BCUT2D eigenvalue weighted by Crippen LogP contribution is -2.51. The molecule has 0 spiro atoms. The molecule has 0 N–H and O–H groups in total. The summed E-state index contributed by atoms with van der Waals surface area (Å²) in [5.74, 6) is 0.296. The Morgan fingerprint density at radius 1 is 1.07 bits per heavy atom. The van der Waals surface area contributed by atoms with Gasteiger partial charge in [0.15, 0.2) is 0 Å². The Kier molecular flexibility index (Phi) is 5.56. The van der Waals surface area contributed by atoms with Crippen LogP contribution in [0.25, 0.3) is 9.88 Å². The van der Waals surface area contributed by atoms with Crippen LogP contribution in [0.5, 0.6) is 0 Å². The van der Waals surface area contributed by atoms with Crippen LogP contribution in [-0.4, -0.2) is 77.3 Å². The molecule has 4 heterocycles. The van der Waals surface area contributed by atoms with Gasteiger partial charge in [0.05, 0.1) is 17.1 Å². The molecular formula is C19H24N4O2S2. The zero-order valence-electron chi connectivity index (χ0n) is 15.5. The number of carbonyl (C=O) groups excluding carboxylic acids is 2. The van der Waals surface area contributed by atoms with Crippen LogP contribution in [0.1, 0.15) is 28.2 Å².